The molecule has 1 aromatic heterocycles. The lowest BCUT2D eigenvalue weighted by Crippen LogP contribution is -1.85. The lowest BCUT2D eigenvalue weighted by molar-refractivity contribution is 0.667. The number of hydrogen-bond donors (Lipinski definition) is 0. The Labute approximate surface area is 114 Å². The molecule has 0 spiro atoms. The van der Waals surface area contributed by atoms with E-state index in [4.69, 9.17) is 0 Å². The van der Waals surface area contributed by atoms with Crippen LogP contribution in [0.3, 0.4) is 0 Å². The van der Waals surface area contributed by atoms with E-state index in [1.807, 2.05) is 6.08 Å². The van der Waals surface area contributed by atoms with Gasteiger partial charge in [-0.1, -0.05) is 38.3 Å². The van der Waals surface area contributed by atoms with Crippen LogP contribution in [0.5, 0.6) is 0 Å². The number of aromatic nitrogens is 1. The summed E-state index contributed by atoms with van der Waals surface area (Å²) in [6.45, 7) is 5.96. The molecule has 2 aromatic rings. The zero-order chi connectivity index (χ0) is 12.8. The summed E-state index contributed by atoms with van der Waals surface area (Å²) in [6.07, 6.45) is 10.2. The van der Waals surface area contributed by atoms with Crippen LogP contribution in [0, 0.1) is 6.92 Å². The van der Waals surface area contributed by atoms with Gasteiger partial charge in [-0.25, -0.2) is 4.98 Å². The highest BCUT2D eigenvalue weighted by atomic mass is 32.1. The first kappa shape index (κ1) is 13.3. The van der Waals surface area contributed by atoms with Crippen LogP contribution in [0.1, 0.15) is 43.2 Å². The summed E-state index contributed by atoms with van der Waals surface area (Å²) in [7, 11) is 0. The van der Waals surface area contributed by atoms with Crippen molar-refractivity contribution in [1.29, 1.82) is 0 Å². The second kappa shape index (κ2) is 6.69. The molecule has 0 fully saturated rings. The first-order valence-corrected chi connectivity index (χ1v) is 7.50. The molecule has 0 atom stereocenters. The minimum absolute atomic E-state index is 1.04. The SMILES string of the molecule is [CH2]C=Cc1nc2cc(CCCCCC)ccc2s1. The lowest BCUT2D eigenvalue weighted by atomic mass is 10.1. The number of rotatable bonds is 6. The van der Waals surface area contributed by atoms with Crippen LogP contribution in [0.25, 0.3) is 16.3 Å². The molecule has 95 valence electrons. The molecule has 2 heteroatoms. The number of thiazole rings is 1. The van der Waals surface area contributed by atoms with E-state index in [9.17, 15) is 0 Å². The molecule has 2 rings (SSSR count). The molecule has 0 aliphatic heterocycles. The summed E-state index contributed by atoms with van der Waals surface area (Å²) >= 11 is 1.72. The van der Waals surface area contributed by atoms with Gasteiger partial charge in [0.25, 0.3) is 0 Å². The van der Waals surface area contributed by atoms with E-state index in [0.717, 1.165) is 10.5 Å². The summed E-state index contributed by atoms with van der Waals surface area (Å²) in [4.78, 5) is 4.60. The summed E-state index contributed by atoms with van der Waals surface area (Å²) < 4.78 is 1.26. The van der Waals surface area contributed by atoms with Gasteiger partial charge in [0.05, 0.1) is 10.2 Å². The molecule has 1 aromatic carbocycles. The van der Waals surface area contributed by atoms with Gasteiger partial charge in [0.15, 0.2) is 0 Å². The van der Waals surface area contributed by atoms with Crippen molar-refractivity contribution in [1.82, 2.24) is 4.98 Å². The maximum absolute atomic E-state index is 4.60. The van der Waals surface area contributed by atoms with E-state index in [0.29, 0.717) is 0 Å². The third-order valence-electron chi connectivity index (χ3n) is 3.05. The van der Waals surface area contributed by atoms with Gasteiger partial charge in [0.2, 0.25) is 0 Å². The van der Waals surface area contributed by atoms with Crippen molar-refractivity contribution in [2.45, 2.75) is 39.0 Å². The Kier molecular flexibility index (Phi) is 4.94. The molecule has 18 heavy (non-hydrogen) atoms. The average Bonchev–Trinajstić information content (AvgIpc) is 2.76. The standard InChI is InChI=1S/C16H20NS/c1-3-5-6-7-9-13-10-11-15-14(12-13)17-16(18-15)8-4-2/h4,8,10-12H,2-3,5-7,9H2,1H3. The Morgan fingerprint density at radius 2 is 2.17 bits per heavy atom. The molecule has 0 bridgehead atoms. The molecular weight excluding hydrogens is 238 g/mol. The van der Waals surface area contributed by atoms with Crippen molar-refractivity contribution >= 4 is 27.6 Å². The van der Waals surface area contributed by atoms with Crippen LogP contribution < -0.4 is 0 Å². The second-order valence-corrected chi connectivity index (χ2v) is 5.63. The first-order chi connectivity index (χ1) is 8.83. The van der Waals surface area contributed by atoms with Crippen molar-refractivity contribution < 1.29 is 0 Å². The number of nitrogens with zero attached hydrogens (tertiary/aromatic N) is 1. The maximum atomic E-state index is 4.60. The van der Waals surface area contributed by atoms with Gasteiger partial charge >= 0.3 is 0 Å². The lowest BCUT2D eigenvalue weighted by Gasteiger charge is -2.00. The number of hydrogen-bond acceptors (Lipinski definition) is 2. The fourth-order valence-electron chi connectivity index (χ4n) is 2.07. The highest BCUT2D eigenvalue weighted by molar-refractivity contribution is 7.19. The number of fused-ring (bicyclic) bond motifs is 1. The Morgan fingerprint density at radius 3 is 2.94 bits per heavy atom. The zero-order valence-electron chi connectivity index (χ0n) is 11.0. The minimum atomic E-state index is 1.04. The van der Waals surface area contributed by atoms with Crippen molar-refractivity contribution in [3.8, 4) is 0 Å². The highest BCUT2D eigenvalue weighted by Crippen LogP contribution is 2.24. The Morgan fingerprint density at radius 1 is 1.28 bits per heavy atom. The van der Waals surface area contributed by atoms with Gasteiger partial charge in [-0.05, 0) is 43.5 Å². The number of allylic oxidation sites excluding steroid dienone is 1. The zero-order valence-corrected chi connectivity index (χ0v) is 11.8. The van der Waals surface area contributed by atoms with Gasteiger partial charge in [-0.15, -0.1) is 11.3 Å². The van der Waals surface area contributed by atoms with Crippen molar-refractivity contribution in [2.24, 2.45) is 0 Å². The Balaban J connectivity index is 2.06. The van der Waals surface area contributed by atoms with E-state index in [-0.39, 0.29) is 0 Å². The van der Waals surface area contributed by atoms with Crippen LogP contribution in [0.15, 0.2) is 24.3 Å². The van der Waals surface area contributed by atoms with Gasteiger partial charge < -0.3 is 0 Å². The normalized spacial score (nSPS) is 11.7. The molecule has 1 nitrogen and oxygen atoms in total. The number of unbranched alkanes of at least 4 members (excludes halogenated alkanes) is 3. The van der Waals surface area contributed by atoms with Gasteiger partial charge in [0, 0.05) is 0 Å². The highest BCUT2D eigenvalue weighted by Gasteiger charge is 2.02. The smallest absolute Gasteiger partial charge is 0.117 e. The number of aryl methyl sites for hydroxylation is 1. The molecule has 0 aliphatic carbocycles. The molecule has 0 amide bonds. The van der Waals surface area contributed by atoms with Gasteiger partial charge in [0.1, 0.15) is 5.01 Å². The molecule has 0 aliphatic rings. The fourth-order valence-corrected chi connectivity index (χ4v) is 2.95. The predicted molar refractivity (Wildman–Crippen MR) is 81.9 cm³/mol. The summed E-state index contributed by atoms with van der Waals surface area (Å²) in [5.74, 6) is 0. The number of benzene rings is 1. The molecule has 1 heterocycles. The van der Waals surface area contributed by atoms with E-state index >= 15 is 0 Å². The van der Waals surface area contributed by atoms with Crippen molar-refractivity contribution in [3.63, 3.8) is 0 Å². The summed E-state index contributed by atoms with van der Waals surface area (Å²) in [6, 6.07) is 6.67. The third-order valence-corrected chi connectivity index (χ3v) is 4.05. The second-order valence-electron chi connectivity index (χ2n) is 4.57. The van der Waals surface area contributed by atoms with Gasteiger partial charge in [-0.2, -0.15) is 0 Å². The molecule has 0 unspecified atom stereocenters. The molecule has 0 N–H and O–H groups in total. The Hall–Kier alpha value is -1.15. The van der Waals surface area contributed by atoms with Gasteiger partial charge in [-0.3, -0.25) is 0 Å². The topological polar surface area (TPSA) is 12.9 Å². The van der Waals surface area contributed by atoms with Crippen molar-refractivity contribution in [2.75, 3.05) is 0 Å². The predicted octanol–water partition coefficient (Wildman–Crippen LogP) is 5.27. The monoisotopic (exact) mass is 258 g/mol. The van der Waals surface area contributed by atoms with E-state index in [2.05, 4.69) is 37.0 Å². The third kappa shape index (κ3) is 3.42. The van der Waals surface area contributed by atoms with Crippen LogP contribution in [0.2, 0.25) is 0 Å². The summed E-state index contributed by atoms with van der Waals surface area (Å²) in [5, 5.41) is 1.04. The van der Waals surface area contributed by atoms with Crippen LogP contribution in [0.4, 0.5) is 0 Å². The molecule has 0 saturated carbocycles. The molecule has 1 radical (unpaired) electrons. The largest absolute Gasteiger partial charge is 0.237 e. The quantitative estimate of drug-likeness (QED) is 0.643. The minimum Gasteiger partial charge on any atom is -0.237 e. The molecular formula is C16H20NS. The van der Waals surface area contributed by atoms with Crippen LogP contribution >= 0.6 is 11.3 Å². The van der Waals surface area contributed by atoms with Crippen molar-refractivity contribution in [3.05, 3.63) is 41.8 Å². The van der Waals surface area contributed by atoms with E-state index in [1.54, 1.807) is 17.4 Å². The Bertz CT molecular complexity index is 525. The van der Waals surface area contributed by atoms with Crippen LogP contribution in [-0.2, 0) is 6.42 Å². The van der Waals surface area contributed by atoms with Crippen LogP contribution in [-0.4, -0.2) is 4.98 Å². The van der Waals surface area contributed by atoms with E-state index in [1.165, 1.54) is 42.4 Å². The average molecular weight is 258 g/mol. The molecule has 0 saturated heterocycles. The maximum Gasteiger partial charge on any atom is 0.117 e. The fraction of sp³-hybridized carbons (Fsp3) is 0.375. The van der Waals surface area contributed by atoms with E-state index < -0.39 is 0 Å². The first-order valence-electron chi connectivity index (χ1n) is 6.68. The summed E-state index contributed by atoms with van der Waals surface area (Å²) in [5.41, 5.74) is 2.54.